The summed E-state index contributed by atoms with van der Waals surface area (Å²) >= 11 is 1.69. The van der Waals surface area contributed by atoms with Crippen molar-refractivity contribution in [3.05, 3.63) is 45.7 Å². The van der Waals surface area contributed by atoms with Crippen LogP contribution in [0.5, 0.6) is 0 Å². The van der Waals surface area contributed by atoms with Crippen LogP contribution in [0.15, 0.2) is 28.8 Å². The van der Waals surface area contributed by atoms with Gasteiger partial charge in [-0.05, 0) is 58.7 Å². The Morgan fingerprint density at radius 1 is 1.26 bits per heavy atom. The molecule has 9 nitrogen and oxygen atoms in total. The molecule has 0 aliphatic heterocycles. The van der Waals surface area contributed by atoms with Gasteiger partial charge in [-0.15, -0.1) is 11.3 Å². The molecule has 2 N–H and O–H groups in total. The van der Waals surface area contributed by atoms with Gasteiger partial charge in [0, 0.05) is 28.4 Å². The molecule has 0 spiro atoms. The molecule has 208 valence electrons. The van der Waals surface area contributed by atoms with Crippen LogP contribution >= 0.6 is 11.3 Å². The van der Waals surface area contributed by atoms with Crippen LogP contribution in [0.25, 0.3) is 22.4 Å². The van der Waals surface area contributed by atoms with Crippen LogP contribution in [0.3, 0.4) is 0 Å². The monoisotopic (exact) mass is 562 g/mol. The molecule has 3 heterocycles. The fraction of sp³-hybridized carbons (Fsp3) is 0.462. The fourth-order valence-electron chi connectivity index (χ4n) is 4.69. The van der Waals surface area contributed by atoms with Crippen LogP contribution in [0.1, 0.15) is 48.7 Å². The summed E-state index contributed by atoms with van der Waals surface area (Å²) in [5, 5.41) is 11.6. The predicted octanol–water partition coefficient (Wildman–Crippen LogP) is 6.01. The van der Waals surface area contributed by atoms with Gasteiger partial charge in [-0.1, -0.05) is 11.2 Å². The summed E-state index contributed by atoms with van der Waals surface area (Å²) in [5.41, 5.74) is 1.75. The molecule has 0 saturated heterocycles. The van der Waals surface area contributed by atoms with Crippen molar-refractivity contribution in [2.24, 2.45) is 0 Å². The van der Waals surface area contributed by atoms with E-state index in [9.17, 15) is 18.0 Å². The zero-order chi connectivity index (χ0) is 27.9. The van der Waals surface area contributed by atoms with Crippen molar-refractivity contribution < 1.29 is 27.2 Å². The zero-order valence-corrected chi connectivity index (χ0v) is 22.8. The SMILES string of the molecule is Cc1nc2c(s1)CC(Nc1cccc3c1cc(-c1noc(CNC(=O)OC(C)(C)C)n1)n3CC(F)(F)F)CC2. The minimum absolute atomic E-state index is 0.00941. The van der Waals surface area contributed by atoms with E-state index in [0.29, 0.717) is 10.9 Å². The Balaban J connectivity index is 1.42. The number of nitrogens with zero attached hydrogens (tertiary/aromatic N) is 4. The molecular formula is C26H29F3N6O3S. The highest BCUT2D eigenvalue weighted by Crippen LogP contribution is 2.35. The van der Waals surface area contributed by atoms with Crippen LogP contribution in [0, 0.1) is 6.92 Å². The van der Waals surface area contributed by atoms with E-state index in [1.165, 1.54) is 4.88 Å². The number of hydrogen-bond acceptors (Lipinski definition) is 8. The molecule has 13 heteroatoms. The Morgan fingerprint density at radius 2 is 2.05 bits per heavy atom. The first-order valence-corrected chi connectivity index (χ1v) is 13.4. The number of aryl methyl sites for hydroxylation is 2. The molecule has 0 bridgehead atoms. The first-order valence-electron chi connectivity index (χ1n) is 12.6. The molecule has 1 aliphatic rings. The lowest BCUT2D eigenvalue weighted by Gasteiger charge is -2.24. The van der Waals surface area contributed by atoms with Crippen molar-refractivity contribution in [1.29, 1.82) is 0 Å². The molecular weight excluding hydrogens is 533 g/mol. The summed E-state index contributed by atoms with van der Waals surface area (Å²) in [4.78, 5) is 22.0. The van der Waals surface area contributed by atoms with Gasteiger partial charge in [0.2, 0.25) is 11.7 Å². The number of alkyl halides is 3. The average molecular weight is 563 g/mol. The third-order valence-electron chi connectivity index (χ3n) is 6.17. The number of benzene rings is 1. The van der Waals surface area contributed by atoms with Crippen LogP contribution in [-0.2, 0) is 30.7 Å². The first-order chi connectivity index (χ1) is 18.3. The number of carbonyl (C=O) groups is 1. The van der Waals surface area contributed by atoms with Crippen molar-refractivity contribution in [2.45, 2.75) is 77.9 Å². The van der Waals surface area contributed by atoms with Crippen LogP contribution in [0.4, 0.5) is 23.7 Å². The van der Waals surface area contributed by atoms with E-state index in [2.05, 4.69) is 25.8 Å². The van der Waals surface area contributed by atoms with Gasteiger partial charge < -0.3 is 24.5 Å². The Bertz CT molecular complexity index is 1500. The molecule has 0 saturated carbocycles. The van der Waals surface area contributed by atoms with Gasteiger partial charge in [-0.3, -0.25) is 0 Å². The lowest BCUT2D eigenvalue weighted by Crippen LogP contribution is -2.32. The zero-order valence-electron chi connectivity index (χ0n) is 22.0. The molecule has 1 aliphatic carbocycles. The minimum atomic E-state index is -4.47. The second-order valence-electron chi connectivity index (χ2n) is 10.5. The van der Waals surface area contributed by atoms with E-state index >= 15 is 0 Å². The molecule has 1 aromatic carbocycles. The number of amides is 1. The van der Waals surface area contributed by atoms with Crippen LogP contribution in [-0.4, -0.2) is 43.6 Å². The Morgan fingerprint density at radius 3 is 2.79 bits per heavy atom. The lowest BCUT2D eigenvalue weighted by molar-refractivity contribution is -0.139. The molecule has 1 atom stereocenters. The summed E-state index contributed by atoms with van der Waals surface area (Å²) in [6, 6.07) is 7.02. The number of hydrogen-bond donors (Lipinski definition) is 2. The van der Waals surface area contributed by atoms with Crippen LogP contribution < -0.4 is 10.6 Å². The second-order valence-corrected chi connectivity index (χ2v) is 11.8. The number of aromatic nitrogens is 4. The summed E-state index contributed by atoms with van der Waals surface area (Å²) in [7, 11) is 0. The van der Waals surface area contributed by atoms with Crippen molar-refractivity contribution in [3.63, 3.8) is 0 Å². The van der Waals surface area contributed by atoms with E-state index < -0.39 is 24.4 Å². The largest absolute Gasteiger partial charge is 0.444 e. The first kappa shape index (κ1) is 27.0. The normalized spacial score (nSPS) is 15.8. The topological polar surface area (TPSA) is 107 Å². The molecule has 1 unspecified atom stereocenters. The number of anilines is 1. The maximum atomic E-state index is 13.6. The number of fused-ring (bicyclic) bond motifs is 2. The molecule has 0 fully saturated rings. The third kappa shape index (κ3) is 6.35. The maximum absolute atomic E-state index is 13.6. The van der Waals surface area contributed by atoms with Gasteiger partial charge in [-0.2, -0.15) is 18.2 Å². The van der Waals surface area contributed by atoms with Gasteiger partial charge in [0.15, 0.2) is 0 Å². The highest BCUT2D eigenvalue weighted by Gasteiger charge is 2.32. The average Bonchev–Trinajstić information content (AvgIpc) is 3.52. The number of carbonyl (C=O) groups excluding carboxylic acids is 1. The van der Waals surface area contributed by atoms with E-state index in [-0.39, 0.29) is 30.0 Å². The van der Waals surface area contributed by atoms with E-state index in [4.69, 9.17) is 9.26 Å². The van der Waals surface area contributed by atoms with E-state index in [1.807, 2.05) is 13.0 Å². The third-order valence-corrected chi connectivity index (χ3v) is 7.20. The second kappa shape index (κ2) is 10.2. The highest BCUT2D eigenvalue weighted by molar-refractivity contribution is 7.11. The number of nitrogens with one attached hydrogen (secondary N) is 2. The molecule has 39 heavy (non-hydrogen) atoms. The standard InChI is InChI=1S/C26H29F3N6O3S/c1-14-31-18-9-8-15(10-21(18)39-14)32-17-6-5-7-19-16(17)11-20(35(19)13-26(27,28)29)23-33-22(38-34-23)12-30-24(36)37-25(2,3)4/h5-7,11,15,32H,8-10,12-13H2,1-4H3,(H,30,36). The lowest BCUT2D eigenvalue weighted by atomic mass is 9.97. The van der Waals surface area contributed by atoms with Gasteiger partial charge in [0.1, 0.15) is 18.7 Å². The summed E-state index contributed by atoms with van der Waals surface area (Å²) < 4.78 is 52.5. The Hall–Kier alpha value is -3.61. The van der Waals surface area contributed by atoms with E-state index in [0.717, 1.165) is 40.2 Å². The number of halogens is 3. The quantitative estimate of drug-likeness (QED) is 0.296. The van der Waals surface area contributed by atoms with Crippen molar-refractivity contribution in [2.75, 3.05) is 5.32 Å². The Labute approximate surface area is 226 Å². The summed E-state index contributed by atoms with van der Waals surface area (Å²) in [6.45, 7) is 5.83. The molecule has 3 aromatic heterocycles. The maximum Gasteiger partial charge on any atom is 0.408 e. The van der Waals surface area contributed by atoms with Crippen molar-refractivity contribution >= 4 is 34.0 Å². The fourth-order valence-corrected chi connectivity index (χ4v) is 5.75. The van der Waals surface area contributed by atoms with Gasteiger partial charge in [0.25, 0.3) is 0 Å². The molecule has 4 aromatic rings. The highest BCUT2D eigenvalue weighted by atomic mass is 32.1. The number of alkyl carbamates (subject to hydrolysis) is 1. The summed E-state index contributed by atoms with van der Waals surface area (Å²) in [5.74, 6) is 0.0284. The van der Waals surface area contributed by atoms with Crippen LogP contribution in [0.2, 0.25) is 0 Å². The summed E-state index contributed by atoms with van der Waals surface area (Å²) in [6.07, 6.45) is -2.60. The van der Waals surface area contributed by atoms with Crippen molar-refractivity contribution in [3.8, 4) is 11.5 Å². The number of rotatable bonds is 6. The molecule has 5 rings (SSSR count). The van der Waals surface area contributed by atoms with E-state index in [1.54, 1.807) is 50.3 Å². The molecule has 1 amide bonds. The smallest absolute Gasteiger partial charge is 0.408 e. The molecule has 0 radical (unpaired) electrons. The Kier molecular flexibility index (Phi) is 7.04. The number of ether oxygens (including phenoxy) is 1. The van der Waals surface area contributed by atoms with Crippen molar-refractivity contribution in [1.82, 2.24) is 25.0 Å². The van der Waals surface area contributed by atoms with Gasteiger partial charge >= 0.3 is 12.3 Å². The number of thiazole rings is 1. The predicted molar refractivity (Wildman–Crippen MR) is 141 cm³/mol. The van der Waals surface area contributed by atoms with Gasteiger partial charge in [0.05, 0.1) is 21.9 Å². The van der Waals surface area contributed by atoms with Gasteiger partial charge in [-0.25, -0.2) is 9.78 Å². The minimum Gasteiger partial charge on any atom is -0.444 e.